The number of nitriles is 1. The summed E-state index contributed by atoms with van der Waals surface area (Å²) in [5.41, 5.74) is -2.51. The molecule has 3 aromatic rings. The normalized spacial score (nSPS) is 11.7. The van der Waals surface area contributed by atoms with Crippen LogP contribution < -0.4 is 21.5 Å². The topological polar surface area (TPSA) is 171 Å². The van der Waals surface area contributed by atoms with Crippen molar-refractivity contribution in [2.45, 2.75) is 130 Å². The lowest BCUT2D eigenvalue weighted by atomic mass is 10.0. The molecule has 0 aliphatic heterocycles. The van der Waals surface area contributed by atoms with Gasteiger partial charge in [-0.1, -0.05) is 127 Å². The van der Waals surface area contributed by atoms with Crippen LogP contribution in [0.25, 0.3) is 5.69 Å². The molecule has 0 spiro atoms. The molecule has 1 aromatic carbocycles. The van der Waals surface area contributed by atoms with Gasteiger partial charge in [0.25, 0.3) is 11.1 Å². The number of halogens is 2. The van der Waals surface area contributed by atoms with Crippen molar-refractivity contribution in [1.29, 1.82) is 5.26 Å². The smallest absolute Gasteiger partial charge is 0.434 e. The van der Waals surface area contributed by atoms with E-state index in [9.17, 15) is 19.2 Å². The molecule has 0 saturated carbocycles. The van der Waals surface area contributed by atoms with Gasteiger partial charge in [-0.15, -0.1) is 10.2 Å². The fourth-order valence-electron chi connectivity index (χ4n) is 5.41. The average Bonchev–Trinajstić information content (AvgIpc) is 3.08. The zero-order valence-electron chi connectivity index (χ0n) is 29.8. The van der Waals surface area contributed by atoms with E-state index in [0.717, 1.165) is 22.2 Å². The molecule has 13 nitrogen and oxygen atoms in total. The summed E-state index contributed by atoms with van der Waals surface area (Å²) in [6.07, 6.45) is 15.0. The highest BCUT2D eigenvalue weighted by molar-refractivity contribution is 6.37. The van der Waals surface area contributed by atoms with Crippen LogP contribution in [0.5, 0.6) is 11.6 Å². The standard InChI is InChI=1S/C36H48Cl2N6O7/c1-5-6-7-8-9-10-11-12-13-14-15-16-17-18-19-49-36(48)50-25(4)43-34(46)27(24(2)3)22-31(42-43)51-32-28(37)20-26(21-29(32)38)44-35(47)40-33(45)30(23-39)41-44/h20-22,24-25H,5-19H2,1-4H3,(H,40,45,47). The average molecular weight is 748 g/mol. The van der Waals surface area contributed by atoms with Crippen molar-refractivity contribution in [2.75, 3.05) is 6.61 Å². The Balaban J connectivity index is 1.54. The maximum absolute atomic E-state index is 13.3. The number of unbranched alkanes of at least 4 members (excludes halogenated alkanes) is 13. The molecule has 1 N–H and O–H groups in total. The number of carbonyl (C=O) groups is 1. The first-order valence-electron chi connectivity index (χ1n) is 17.7. The molecule has 0 radical (unpaired) electrons. The SMILES string of the molecule is CCCCCCCCCCCCCCCCOC(=O)OC(C)n1nc(Oc2c(Cl)cc(-n3nc(C#N)c(=O)[nH]c3=O)cc2Cl)cc(C(C)C)c1=O. The molecule has 51 heavy (non-hydrogen) atoms. The van der Waals surface area contributed by atoms with Gasteiger partial charge in [-0.05, 0) is 31.4 Å². The van der Waals surface area contributed by atoms with Crippen molar-refractivity contribution in [3.05, 3.63) is 70.7 Å². The summed E-state index contributed by atoms with van der Waals surface area (Å²) < 4.78 is 18.3. The van der Waals surface area contributed by atoms with E-state index in [2.05, 4.69) is 17.1 Å². The lowest BCUT2D eigenvalue weighted by molar-refractivity contribution is -0.00415. The number of nitrogens with zero attached hydrogens (tertiary/aromatic N) is 5. The van der Waals surface area contributed by atoms with E-state index in [1.807, 2.05) is 4.98 Å². The quantitative estimate of drug-likeness (QED) is 0.0821. The van der Waals surface area contributed by atoms with Crippen LogP contribution in [0.1, 0.15) is 141 Å². The Morgan fingerprint density at radius 3 is 1.94 bits per heavy atom. The van der Waals surface area contributed by atoms with E-state index in [0.29, 0.717) is 12.0 Å². The molecule has 1 atom stereocenters. The van der Waals surface area contributed by atoms with Gasteiger partial charge in [-0.3, -0.25) is 14.6 Å². The molecular formula is C36H48Cl2N6O7. The zero-order chi connectivity index (χ0) is 37.3. The van der Waals surface area contributed by atoms with Gasteiger partial charge in [0.05, 0.1) is 22.3 Å². The van der Waals surface area contributed by atoms with E-state index < -0.39 is 34.9 Å². The Hall–Kier alpha value is -4.15. The summed E-state index contributed by atoms with van der Waals surface area (Å²) in [5, 5.41) is 17.0. The fourth-order valence-corrected chi connectivity index (χ4v) is 5.96. The summed E-state index contributed by atoms with van der Waals surface area (Å²) >= 11 is 12.9. The van der Waals surface area contributed by atoms with Crippen molar-refractivity contribution in [3.63, 3.8) is 0 Å². The number of carbonyl (C=O) groups excluding carboxylic acids is 1. The molecule has 1 unspecified atom stereocenters. The molecule has 0 fully saturated rings. The Morgan fingerprint density at radius 1 is 0.863 bits per heavy atom. The van der Waals surface area contributed by atoms with E-state index in [1.165, 1.54) is 95.8 Å². The van der Waals surface area contributed by atoms with Crippen LogP contribution in [0.15, 0.2) is 32.6 Å². The Morgan fingerprint density at radius 2 is 1.41 bits per heavy atom. The molecule has 0 aliphatic rings. The minimum atomic E-state index is -1.14. The minimum absolute atomic E-state index is 0.0468. The summed E-state index contributed by atoms with van der Waals surface area (Å²) in [6, 6.07) is 5.61. The van der Waals surface area contributed by atoms with Crippen LogP contribution in [0.4, 0.5) is 4.79 Å². The van der Waals surface area contributed by atoms with E-state index in [4.69, 9.17) is 42.7 Å². The molecule has 0 saturated heterocycles. The van der Waals surface area contributed by atoms with Gasteiger partial charge in [0.1, 0.15) is 6.07 Å². The molecule has 3 rings (SSSR count). The van der Waals surface area contributed by atoms with Gasteiger partial charge in [0.15, 0.2) is 12.0 Å². The second-order valence-electron chi connectivity index (χ2n) is 12.7. The van der Waals surface area contributed by atoms with Gasteiger partial charge in [-0.25, -0.2) is 9.59 Å². The van der Waals surface area contributed by atoms with Crippen molar-refractivity contribution < 1.29 is 19.0 Å². The van der Waals surface area contributed by atoms with Gasteiger partial charge in [-0.2, -0.15) is 14.6 Å². The fraction of sp³-hybridized carbons (Fsp3) is 0.583. The number of rotatable bonds is 21. The summed E-state index contributed by atoms with van der Waals surface area (Å²) in [5.74, 6) is -0.393. The molecule has 0 bridgehead atoms. The second kappa shape index (κ2) is 21.3. The lowest BCUT2D eigenvalue weighted by Crippen LogP contribution is -2.33. The number of nitrogens with one attached hydrogen (secondary N) is 1. The molecule has 278 valence electrons. The van der Waals surface area contributed by atoms with Crippen LogP contribution in [0.2, 0.25) is 10.0 Å². The number of benzene rings is 1. The summed E-state index contributed by atoms with van der Waals surface area (Å²) in [7, 11) is 0. The van der Waals surface area contributed by atoms with Crippen LogP contribution in [-0.4, -0.2) is 37.3 Å². The first kappa shape index (κ1) is 41.3. The number of hydrogen-bond acceptors (Lipinski definition) is 10. The monoisotopic (exact) mass is 746 g/mol. The molecule has 2 aromatic heterocycles. The van der Waals surface area contributed by atoms with Gasteiger partial charge in [0.2, 0.25) is 11.6 Å². The highest BCUT2D eigenvalue weighted by atomic mass is 35.5. The molecular weight excluding hydrogens is 699 g/mol. The third-order valence-electron chi connectivity index (χ3n) is 8.26. The maximum atomic E-state index is 13.3. The molecule has 0 aliphatic carbocycles. The van der Waals surface area contributed by atoms with Crippen molar-refractivity contribution in [3.8, 4) is 23.4 Å². The minimum Gasteiger partial charge on any atom is -0.434 e. The number of H-pyrrole nitrogens is 1. The van der Waals surface area contributed by atoms with Crippen molar-refractivity contribution in [2.24, 2.45) is 0 Å². The first-order valence-corrected chi connectivity index (χ1v) is 18.5. The summed E-state index contributed by atoms with van der Waals surface area (Å²) in [4.78, 5) is 51.8. The number of ether oxygens (including phenoxy) is 3. The van der Waals surface area contributed by atoms with Gasteiger partial charge >= 0.3 is 11.8 Å². The molecule has 15 heteroatoms. The van der Waals surface area contributed by atoms with E-state index in [-0.39, 0.29) is 39.9 Å². The maximum Gasteiger partial charge on any atom is 0.510 e. The summed E-state index contributed by atoms with van der Waals surface area (Å²) in [6.45, 7) is 7.54. The number of aromatic amines is 1. The van der Waals surface area contributed by atoms with Gasteiger partial charge in [0, 0.05) is 11.6 Å². The third kappa shape index (κ3) is 12.8. The van der Waals surface area contributed by atoms with Crippen LogP contribution in [0, 0.1) is 11.3 Å². The predicted molar refractivity (Wildman–Crippen MR) is 195 cm³/mol. The highest BCUT2D eigenvalue weighted by Gasteiger charge is 2.22. The van der Waals surface area contributed by atoms with E-state index >= 15 is 0 Å². The number of aromatic nitrogens is 5. The zero-order valence-corrected chi connectivity index (χ0v) is 31.4. The predicted octanol–water partition coefficient (Wildman–Crippen LogP) is 8.72. The number of hydrogen-bond donors (Lipinski definition) is 1. The van der Waals surface area contributed by atoms with Crippen LogP contribution >= 0.6 is 23.2 Å². The highest BCUT2D eigenvalue weighted by Crippen LogP contribution is 2.38. The lowest BCUT2D eigenvalue weighted by Gasteiger charge is -2.18. The Labute approximate surface area is 307 Å². The van der Waals surface area contributed by atoms with Crippen molar-refractivity contribution >= 4 is 29.4 Å². The first-order chi connectivity index (χ1) is 24.5. The largest absolute Gasteiger partial charge is 0.510 e. The van der Waals surface area contributed by atoms with Crippen LogP contribution in [0.3, 0.4) is 0 Å². The van der Waals surface area contributed by atoms with Crippen molar-refractivity contribution in [1.82, 2.24) is 24.5 Å². The Kier molecular flexibility index (Phi) is 17.2. The molecule has 0 amide bonds. The van der Waals surface area contributed by atoms with E-state index in [1.54, 1.807) is 19.9 Å². The Bertz CT molecular complexity index is 1790. The third-order valence-corrected chi connectivity index (χ3v) is 8.82. The molecule has 2 heterocycles. The van der Waals surface area contributed by atoms with Gasteiger partial charge < -0.3 is 14.2 Å². The van der Waals surface area contributed by atoms with Crippen LogP contribution in [-0.2, 0) is 9.47 Å². The second-order valence-corrected chi connectivity index (χ2v) is 13.5.